The van der Waals surface area contributed by atoms with Gasteiger partial charge in [-0.25, -0.2) is 0 Å². The minimum absolute atomic E-state index is 0.0858. The molecule has 0 nitrogen and oxygen atoms in total. The van der Waals surface area contributed by atoms with Gasteiger partial charge in [-0.2, -0.15) is 0 Å². The van der Waals surface area contributed by atoms with E-state index in [0.29, 0.717) is 0 Å². The van der Waals surface area contributed by atoms with E-state index in [0.717, 1.165) is 0 Å². The van der Waals surface area contributed by atoms with Crippen molar-refractivity contribution < 1.29 is 0 Å². The molecule has 3 aromatic rings. The van der Waals surface area contributed by atoms with Gasteiger partial charge in [-0.15, -0.1) is 0 Å². The molecule has 0 aliphatic carbocycles. The highest BCUT2D eigenvalue weighted by Gasteiger charge is 2.21. The highest BCUT2D eigenvalue weighted by molar-refractivity contribution is 5.36. The van der Waals surface area contributed by atoms with Crippen molar-refractivity contribution in [3.8, 4) is 0 Å². The first kappa shape index (κ1) is 51.3. The van der Waals surface area contributed by atoms with Crippen LogP contribution in [0.3, 0.4) is 0 Å². The highest BCUT2D eigenvalue weighted by Crippen LogP contribution is 2.30. The normalized spacial score (nSPS) is 7.19. The van der Waals surface area contributed by atoms with Crippen LogP contribution in [0.5, 0.6) is 0 Å². The summed E-state index contributed by atoms with van der Waals surface area (Å²) in [5, 5.41) is 0. The molecule has 0 heteroatoms. The fourth-order valence-electron chi connectivity index (χ4n) is 2.26. The maximum absolute atomic E-state index is 2.26. The summed E-state index contributed by atoms with van der Waals surface area (Å²) in [5.41, 5.74) is 2.80. The molecule has 3 aromatic carbocycles. The van der Waals surface area contributed by atoms with E-state index >= 15 is 0 Å². The van der Waals surface area contributed by atoms with Gasteiger partial charge in [0.15, 0.2) is 0 Å². The van der Waals surface area contributed by atoms with E-state index in [1.807, 2.05) is 147 Å². The molecule has 0 bridgehead atoms. The summed E-state index contributed by atoms with van der Waals surface area (Å²) in [7, 11) is 0. The second-order valence-corrected chi connectivity index (χ2v) is 5.51. The maximum atomic E-state index is 2.26. The molecule has 218 valence electrons. The van der Waals surface area contributed by atoms with Crippen LogP contribution in [0.4, 0.5) is 0 Å². The molecule has 0 saturated carbocycles. The molecule has 0 heterocycles. The molecule has 0 aliphatic rings. The second kappa shape index (κ2) is 54.5. The van der Waals surface area contributed by atoms with Gasteiger partial charge in [0.1, 0.15) is 0 Å². The molecule has 0 radical (unpaired) electrons. The van der Waals surface area contributed by atoms with Crippen molar-refractivity contribution in [2.45, 2.75) is 130 Å². The van der Waals surface area contributed by atoms with Crippen LogP contribution in [-0.2, 0) is 5.41 Å². The van der Waals surface area contributed by atoms with Gasteiger partial charge in [-0.05, 0) is 11.1 Å². The van der Waals surface area contributed by atoms with Gasteiger partial charge in [0.2, 0.25) is 0 Å². The van der Waals surface area contributed by atoms with Gasteiger partial charge in [0.25, 0.3) is 0 Å². The van der Waals surface area contributed by atoms with Crippen LogP contribution < -0.4 is 0 Å². The standard InChI is InChI=1S/C15H16.C6H6.8C2H6/c1-15(2,13-9-5-3-6-10-13)14-11-7-4-8-12-14;1-2-4-6-5-3-1;8*1-2/h3-12H,1-2H3;1-6H;8*1-2H3. The average molecular weight is 515 g/mol. The van der Waals surface area contributed by atoms with Crippen molar-refractivity contribution in [3.63, 3.8) is 0 Å². The Morgan fingerprint density at radius 2 is 0.405 bits per heavy atom. The summed E-state index contributed by atoms with van der Waals surface area (Å²) in [6, 6.07) is 33.3. The van der Waals surface area contributed by atoms with Crippen molar-refractivity contribution in [1.29, 1.82) is 0 Å². The average Bonchev–Trinajstić information content (AvgIpc) is 3.07. The fraction of sp³-hybridized carbons (Fsp3) is 0.514. The number of hydrogen-bond acceptors (Lipinski definition) is 0. The Kier molecular flexibility index (Phi) is 75.6. The van der Waals surface area contributed by atoms with E-state index in [4.69, 9.17) is 0 Å². The lowest BCUT2D eigenvalue weighted by Gasteiger charge is -2.25. The summed E-state index contributed by atoms with van der Waals surface area (Å²) >= 11 is 0. The molecule has 0 fully saturated rings. The van der Waals surface area contributed by atoms with E-state index in [-0.39, 0.29) is 5.41 Å². The van der Waals surface area contributed by atoms with Crippen LogP contribution in [-0.4, -0.2) is 0 Å². The van der Waals surface area contributed by atoms with Crippen LogP contribution in [0.15, 0.2) is 97.1 Å². The molecule has 0 amide bonds. The van der Waals surface area contributed by atoms with E-state index in [9.17, 15) is 0 Å². The molecule has 0 spiro atoms. The van der Waals surface area contributed by atoms with Gasteiger partial charge in [0, 0.05) is 5.41 Å². The molecule has 0 atom stereocenters. The zero-order valence-corrected chi connectivity index (χ0v) is 28.7. The van der Waals surface area contributed by atoms with Gasteiger partial charge in [0.05, 0.1) is 0 Å². The van der Waals surface area contributed by atoms with E-state index in [1.54, 1.807) is 0 Å². The zero-order valence-electron chi connectivity index (χ0n) is 28.7. The quantitative estimate of drug-likeness (QED) is 0.319. The second-order valence-electron chi connectivity index (χ2n) is 5.51. The van der Waals surface area contributed by atoms with Crippen LogP contribution in [0, 0.1) is 0 Å². The SMILES string of the molecule is CC.CC.CC.CC.CC.CC.CC.CC.CC(C)(c1ccccc1)c1ccccc1.c1ccccc1. The van der Waals surface area contributed by atoms with Crippen LogP contribution in [0.25, 0.3) is 0 Å². The molecule has 0 aromatic heterocycles. The Bertz CT molecular complexity index is 542. The molecular weight excluding hydrogens is 444 g/mol. The third-order valence-electron chi connectivity index (χ3n) is 3.66. The number of hydrogen-bond donors (Lipinski definition) is 0. The Morgan fingerprint density at radius 3 is 0.568 bits per heavy atom. The molecule has 0 saturated heterocycles. The fourth-order valence-corrected chi connectivity index (χ4v) is 2.26. The number of rotatable bonds is 2. The van der Waals surface area contributed by atoms with Crippen molar-refractivity contribution in [3.05, 3.63) is 108 Å². The Hall–Kier alpha value is -2.34. The highest BCUT2D eigenvalue weighted by atomic mass is 14.2. The van der Waals surface area contributed by atoms with Gasteiger partial charge < -0.3 is 0 Å². The first-order valence-corrected chi connectivity index (χ1v) is 15.3. The van der Waals surface area contributed by atoms with Crippen LogP contribution >= 0.6 is 0 Å². The molecule has 37 heavy (non-hydrogen) atoms. The summed E-state index contributed by atoms with van der Waals surface area (Å²) in [6.07, 6.45) is 0. The molecule has 0 aliphatic heterocycles. The summed E-state index contributed by atoms with van der Waals surface area (Å²) in [4.78, 5) is 0. The predicted octanol–water partition coefficient (Wildman–Crippen LogP) is 13.9. The lowest BCUT2D eigenvalue weighted by Crippen LogP contribution is -2.18. The molecule has 3 rings (SSSR count). The minimum Gasteiger partial charge on any atom is -0.0683 e. The predicted molar refractivity (Wildman–Crippen MR) is 182 cm³/mol. The van der Waals surface area contributed by atoms with Gasteiger partial charge >= 0.3 is 0 Å². The largest absolute Gasteiger partial charge is 0.0683 e. The first-order valence-electron chi connectivity index (χ1n) is 15.3. The van der Waals surface area contributed by atoms with Crippen LogP contribution in [0.2, 0.25) is 0 Å². The number of benzene rings is 3. The van der Waals surface area contributed by atoms with E-state index in [1.165, 1.54) is 11.1 Å². The molecule has 0 unspecified atom stereocenters. The first-order chi connectivity index (χ1) is 18.2. The maximum Gasteiger partial charge on any atom is 0.0146 e. The Balaban J connectivity index is -0.0000000690. The molecule has 0 N–H and O–H groups in total. The topological polar surface area (TPSA) is 0 Å². The monoisotopic (exact) mass is 515 g/mol. The third kappa shape index (κ3) is 33.7. The lowest BCUT2D eigenvalue weighted by molar-refractivity contribution is 0.641. The zero-order chi connectivity index (χ0) is 31.0. The van der Waals surface area contributed by atoms with E-state index in [2.05, 4.69) is 74.5 Å². The van der Waals surface area contributed by atoms with Gasteiger partial charge in [-0.3, -0.25) is 0 Å². The summed E-state index contributed by atoms with van der Waals surface area (Å²) in [5.74, 6) is 0. The Morgan fingerprint density at radius 1 is 0.270 bits per heavy atom. The van der Waals surface area contributed by atoms with Gasteiger partial charge in [-0.1, -0.05) is 222 Å². The smallest absolute Gasteiger partial charge is 0.0146 e. The lowest BCUT2D eigenvalue weighted by atomic mass is 9.78. The van der Waals surface area contributed by atoms with Crippen LogP contribution in [0.1, 0.15) is 136 Å². The summed E-state index contributed by atoms with van der Waals surface area (Å²) in [6.45, 7) is 36.5. The van der Waals surface area contributed by atoms with Crippen molar-refractivity contribution in [1.82, 2.24) is 0 Å². The third-order valence-corrected chi connectivity index (χ3v) is 3.66. The van der Waals surface area contributed by atoms with Crippen molar-refractivity contribution in [2.24, 2.45) is 0 Å². The van der Waals surface area contributed by atoms with Crippen molar-refractivity contribution in [2.75, 3.05) is 0 Å². The summed E-state index contributed by atoms with van der Waals surface area (Å²) < 4.78 is 0. The Labute approximate surface area is 238 Å². The van der Waals surface area contributed by atoms with E-state index < -0.39 is 0 Å². The van der Waals surface area contributed by atoms with Crippen molar-refractivity contribution >= 4 is 0 Å². The molecular formula is C37H70. The minimum atomic E-state index is 0.0858.